The van der Waals surface area contributed by atoms with E-state index in [1.54, 1.807) is 12.1 Å². The number of nitrogens with two attached hydrogens (primary N) is 1. The van der Waals surface area contributed by atoms with Gasteiger partial charge in [0.2, 0.25) is 10.0 Å². The van der Waals surface area contributed by atoms with E-state index in [0.29, 0.717) is 11.4 Å². The number of aromatic nitrogens is 2. The Balaban J connectivity index is 1.54. The molecule has 7 nitrogen and oxygen atoms in total. The molecule has 2 aromatic carbocycles. The topological polar surface area (TPSA) is 108 Å². The second kappa shape index (κ2) is 7.06. The number of ether oxygens (including phenoxy) is 1. The normalized spacial score (nSPS) is 20.5. The van der Waals surface area contributed by atoms with Crippen LogP contribution < -0.4 is 9.88 Å². The summed E-state index contributed by atoms with van der Waals surface area (Å²) in [4.78, 5) is 4.45. The van der Waals surface area contributed by atoms with Gasteiger partial charge in [0.25, 0.3) is 5.89 Å². The molecule has 1 heterocycles. The molecule has 0 spiro atoms. The zero-order valence-electron chi connectivity index (χ0n) is 16.4. The van der Waals surface area contributed by atoms with Crippen LogP contribution in [0.1, 0.15) is 37.1 Å². The second-order valence-electron chi connectivity index (χ2n) is 7.92. The van der Waals surface area contributed by atoms with Crippen LogP contribution in [0.5, 0.6) is 5.75 Å². The molecule has 0 radical (unpaired) electrons. The van der Waals surface area contributed by atoms with Crippen molar-refractivity contribution in [3.8, 4) is 17.2 Å². The number of primary sulfonamides is 1. The highest BCUT2D eigenvalue weighted by atomic mass is 32.2. The minimum Gasteiger partial charge on any atom is -0.406 e. The molecule has 0 saturated heterocycles. The predicted molar refractivity (Wildman–Crippen MR) is 103 cm³/mol. The molecule has 2 N–H and O–H groups in total. The number of hydrogen-bond acceptors (Lipinski definition) is 6. The number of halogens is 3. The smallest absolute Gasteiger partial charge is 0.406 e. The minimum atomic E-state index is -4.77. The molecule has 31 heavy (non-hydrogen) atoms. The van der Waals surface area contributed by atoms with Crippen molar-refractivity contribution in [3.63, 3.8) is 0 Å². The highest BCUT2D eigenvalue weighted by molar-refractivity contribution is 7.89. The van der Waals surface area contributed by atoms with E-state index >= 15 is 0 Å². The van der Waals surface area contributed by atoms with Crippen LogP contribution in [0.4, 0.5) is 13.2 Å². The first kappa shape index (κ1) is 21.3. The van der Waals surface area contributed by atoms with Gasteiger partial charge in [0.05, 0.1) is 4.90 Å². The molecule has 164 valence electrons. The molecule has 1 aromatic heterocycles. The van der Waals surface area contributed by atoms with E-state index in [2.05, 4.69) is 14.9 Å². The quantitative estimate of drug-likeness (QED) is 0.621. The van der Waals surface area contributed by atoms with Gasteiger partial charge in [-0.2, -0.15) is 4.98 Å². The predicted octanol–water partition coefficient (Wildman–Crippen LogP) is 4.19. The molecule has 0 amide bonds. The van der Waals surface area contributed by atoms with E-state index < -0.39 is 16.4 Å². The molecule has 2 atom stereocenters. The van der Waals surface area contributed by atoms with Gasteiger partial charge in [-0.3, -0.25) is 0 Å². The Morgan fingerprint density at radius 3 is 2.19 bits per heavy atom. The zero-order chi connectivity index (χ0) is 22.6. The second-order valence-corrected chi connectivity index (χ2v) is 9.48. The summed E-state index contributed by atoms with van der Waals surface area (Å²) < 4.78 is 69.0. The van der Waals surface area contributed by atoms with Gasteiger partial charge in [-0.05, 0) is 47.4 Å². The average Bonchev–Trinajstić information content (AvgIpc) is 3.00. The first-order chi connectivity index (χ1) is 14.4. The van der Waals surface area contributed by atoms with E-state index in [1.165, 1.54) is 36.4 Å². The van der Waals surface area contributed by atoms with Gasteiger partial charge < -0.3 is 9.26 Å². The van der Waals surface area contributed by atoms with Crippen molar-refractivity contribution >= 4 is 10.0 Å². The Morgan fingerprint density at radius 1 is 1.03 bits per heavy atom. The Bertz CT molecular complexity index is 1200. The van der Waals surface area contributed by atoms with Gasteiger partial charge in [-0.15, -0.1) is 13.2 Å². The van der Waals surface area contributed by atoms with Crippen LogP contribution in [0.2, 0.25) is 0 Å². The van der Waals surface area contributed by atoms with Crippen molar-refractivity contribution in [2.45, 2.75) is 36.9 Å². The third-order valence-electron chi connectivity index (χ3n) is 5.45. The van der Waals surface area contributed by atoms with Crippen molar-refractivity contribution < 1.29 is 30.8 Å². The molecule has 0 unspecified atom stereocenters. The summed E-state index contributed by atoms with van der Waals surface area (Å²) in [5, 5.41) is 9.20. The SMILES string of the molecule is CC1(C)[C@@H](c2ccc(S(N)(=O)=O)cc2)[C@@H]1c1noc(-c2ccc(OC(F)(F)F)cc2)n1. The largest absolute Gasteiger partial charge is 0.573 e. The summed E-state index contributed by atoms with van der Waals surface area (Å²) >= 11 is 0. The van der Waals surface area contributed by atoms with Gasteiger partial charge in [0, 0.05) is 17.4 Å². The molecule has 1 saturated carbocycles. The first-order valence-corrected chi connectivity index (χ1v) is 10.7. The molecule has 1 fully saturated rings. The van der Waals surface area contributed by atoms with Gasteiger partial charge in [0.15, 0.2) is 5.82 Å². The fraction of sp³-hybridized carbons (Fsp3) is 0.300. The fourth-order valence-corrected chi connectivity index (χ4v) is 4.40. The van der Waals surface area contributed by atoms with Crippen LogP contribution in [0.25, 0.3) is 11.5 Å². The van der Waals surface area contributed by atoms with Crippen molar-refractivity contribution in [2.24, 2.45) is 10.6 Å². The maximum absolute atomic E-state index is 12.3. The molecule has 1 aliphatic rings. The van der Waals surface area contributed by atoms with Crippen LogP contribution in [0.3, 0.4) is 0 Å². The number of nitrogens with zero attached hydrogens (tertiary/aromatic N) is 2. The lowest BCUT2D eigenvalue weighted by atomic mass is 10.0. The van der Waals surface area contributed by atoms with Gasteiger partial charge >= 0.3 is 6.36 Å². The molecule has 3 aromatic rings. The van der Waals surface area contributed by atoms with E-state index in [9.17, 15) is 21.6 Å². The van der Waals surface area contributed by atoms with Crippen LogP contribution in [0.15, 0.2) is 57.9 Å². The molecule has 4 rings (SSSR count). The van der Waals surface area contributed by atoms with Crippen LogP contribution in [0, 0.1) is 5.41 Å². The van der Waals surface area contributed by atoms with E-state index in [1.807, 2.05) is 13.8 Å². The lowest BCUT2D eigenvalue weighted by molar-refractivity contribution is -0.274. The Kier molecular flexibility index (Phi) is 4.85. The summed E-state index contributed by atoms with van der Waals surface area (Å²) in [5.74, 6) is 0.270. The first-order valence-electron chi connectivity index (χ1n) is 9.19. The molecule has 1 aliphatic carbocycles. The molecule has 11 heteroatoms. The zero-order valence-corrected chi connectivity index (χ0v) is 17.2. The summed E-state index contributed by atoms with van der Waals surface area (Å²) in [6, 6.07) is 11.5. The Hall–Kier alpha value is -2.92. The highest BCUT2D eigenvalue weighted by Crippen LogP contribution is 2.69. The molecule has 0 bridgehead atoms. The summed E-state index contributed by atoms with van der Waals surface area (Å²) in [5.41, 5.74) is 1.18. The van der Waals surface area contributed by atoms with Crippen LogP contribution in [-0.2, 0) is 10.0 Å². The average molecular weight is 453 g/mol. The van der Waals surface area contributed by atoms with Crippen LogP contribution >= 0.6 is 0 Å². The number of rotatable bonds is 5. The van der Waals surface area contributed by atoms with E-state index in [4.69, 9.17) is 9.66 Å². The Morgan fingerprint density at radius 2 is 1.65 bits per heavy atom. The fourth-order valence-electron chi connectivity index (χ4n) is 3.88. The minimum absolute atomic E-state index is 0.0334. The number of alkyl halides is 3. The van der Waals surface area contributed by atoms with Crippen LogP contribution in [-0.4, -0.2) is 24.9 Å². The number of benzene rings is 2. The third kappa shape index (κ3) is 4.28. The maximum atomic E-state index is 12.3. The van der Waals surface area contributed by atoms with Crippen molar-refractivity contribution in [2.75, 3.05) is 0 Å². The summed E-state index contributed by atoms with van der Waals surface area (Å²) in [7, 11) is -3.77. The molecular weight excluding hydrogens is 435 g/mol. The molecule has 0 aliphatic heterocycles. The summed E-state index contributed by atoms with van der Waals surface area (Å²) in [6.45, 7) is 4.07. The number of sulfonamides is 1. The third-order valence-corrected chi connectivity index (χ3v) is 6.38. The summed E-state index contributed by atoms with van der Waals surface area (Å²) in [6.07, 6.45) is -4.77. The molecular formula is C20H18F3N3O4S. The van der Waals surface area contributed by atoms with E-state index in [-0.39, 0.29) is 33.8 Å². The van der Waals surface area contributed by atoms with E-state index in [0.717, 1.165) is 5.56 Å². The Labute approximate surface area is 176 Å². The lowest BCUT2D eigenvalue weighted by Gasteiger charge is -2.08. The van der Waals surface area contributed by atoms with Gasteiger partial charge in [0.1, 0.15) is 5.75 Å². The van der Waals surface area contributed by atoms with Crippen molar-refractivity contribution in [1.82, 2.24) is 10.1 Å². The van der Waals surface area contributed by atoms with Gasteiger partial charge in [-0.25, -0.2) is 13.6 Å². The monoisotopic (exact) mass is 453 g/mol. The number of hydrogen-bond donors (Lipinski definition) is 1. The lowest BCUT2D eigenvalue weighted by Crippen LogP contribution is -2.16. The van der Waals surface area contributed by atoms with Gasteiger partial charge in [-0.1, -0.05) is 31.1 Å². The maximum Gasteiger partial charge on any atom is 0.573 e. The van der Waals surface area contributed by atoms with Crippen molar-refractivity contribution in [1.29, 1.82) is 0 Å². The highest BCUT2D eigenvalue weighted by Gasteiger charge is 2.61. The van der Waals surface area contributed by atoms with Crippen molar-refractivity contribution in [3.05, 3.63) is 59.9 Å². The standard InChI is InChI=1S/C20H18F3N3O4S/c1-19(2)15(11-5-9-14(10-6-11)31(24,27)28)16(19)17-25-18(30-26-17)12-3-7-13(8-4-12)29-20(21,22)23/h3-10,15-16H,1-2H3,(H2,24,27,28)/t15-,16+/m0/s1.